The maximum absolute atomic E-state index is 11.5. The molecule has 23 heavy (non-hydrogen) atoms. The van der Waals surface area contributed by atoms with E-state index in [9.17, 15) is 4.79 Å². The van der Waals surface area contributed by atoms with Crippen LogP contribution in [0.15, 0.2) is 4.99 Å². The number of carbonyl (C=O) groups excluding carboxylic acids is 1. The first-order chi connectivity index (χ1) is 11.2. The lowest BCUT2D eigenvalue weighted by molar-refractivity contribution is -0.121. The molecule has 0 radical (unpaired) electrons. The monoisotopic (exact) mass is 323 g/mol. The number of amides is 1. The van der Waals surface area contributed by atoms with Gasteiger partial charge in [-0.2, -0.15) is 0 Å². The molecular formula is C17H33N5O. The largest absolute Gasteiger partial charge is 0.359 e. The van der Waals surface area contributed by atoms with E-state index in [1.54, 1.807) is 7.05 Å². The van der Waals surface area contributed by atoms with Gasteiger partial charge in [-0.15, -0.1) is 0 Å². The first-order valence-electron chi connectivity index (χ1n) is 9.04. The zero-order chi connectivity index (χ0) is 16.7. The van der Waals surface area contributed by atoms with Gasteiger partial charge in [-0.3, -0.25) is 9.79 Å². The number of carbonyl (C=O) groups is 1. The number of guanidine groups is 1. The lowest BCUT2D eigenvalue weighted by Gasteiger charge is -2.34. The SMILES string of the molecule is CCN1CCC(CNC(=NC)N2CCC(CC(=O)NC)CC2)C1. The zero-order valence-corrected chi connectivity index (χ0v) is 15.0. The van der Waals surface area contributed by atoms with Crippen molar-refractivity contribution < 1.29 is 4.79 Å². The summed E-state index contributed by atoms with van der Waals surface area (Å²) in [5, 5.41) is 6.29. The van der Waals surface area contributed by atoms with Crippen molar-refractivity contribution >= 4 is 11.9 Å². The Bertz CT molecular complexity index is 404. The highest BCUT2D eigenvalue weighted by Gasteiger charge is 2.25. The minimum Gasteiger partial charge on any atom is -0.359 e. The first kappa shape index (κ1) is 18.0. The molecule has 0 aromatic rings. The molecule has 2 heterocycles. The van der Waals surface area contributed by atoms with E-state index in [4.69, 9.17) is 0 Å². The fourth-order valence-corrected chi connectivity index (χ4v) is 3.65. The molecule has 132 valence electrons. The van der Waals surface area contributed by atoms with Crippen molar-refractivity contribution in [1.82, 2.24) is 20.4 Å². The lowest BCUT2D eigenvalue weighted by atomic mass is 9.93. The van der Waals surface area contributed by atoms with Crippen LogP contribution < -0.4 is 10.6 Å². The molecule has 2 N–H and O–H groups in total. The second kappa shape index (κ2) is 9.11. The fourth-order valence-electron chi connectivity index (χ4n) is 3.65. The van der Waals surface area contributed by atoms with Gasteiger partial charge in [0.2, 0.25) is 5.91 Å². The molecule has 2 rings (SSSR count). The molecule has 1 amide bonds. The van der Waals surface area contributed by atoms with Crippen molar-refractivity contribution in [3.63, 3.8) is 0 Å². The van der Waals surface area contributed by atoms with Crippen molar-refractivity contribution in [2.75, 3.05) is 53.4 Å². The molecule has 1 atom stereocenters. The van der Waals surface area contributed by atoms with Crippen LogP contribution >= 0.6 is 0 Å². The van der Waals surface area contributed by atoms with Gasteiger partial charge in [0.05, 0.1) is 0 Å². The van der Waals surface area contributed by atoms with Crippen molar-refractivity contribution in [2.24, 2.45) is 16.8 Å². The molecule has 6 nitrogen and oxygen atoms in total. The molecular weight excluding hydrogens is 290 g/mol. The van der Waals surface area contributed by atoms with Crippen molar-refractivity contribution in [1.29, 1.82) is 0 Å². The third-order valence-electron chi connectivity index (χ3n) is 5.24. The van der Waals surface area contributed by atoms with Gasteiger partial charge in [0.15, 0.2) is 5.96 Å². The Morgan fingerprint density at radius 2 is 1.87 bits per heavy atom. The molecule has 0 aromatic heterocycles. The van der Waals surface area contributed by atoms with Crippen LogP contribution in [0.2, 0.25) is 0 Å². The van der Waals surface area contributed by atoms with Gasteiger partial charge in [0.1, 0.15) is 0 Å². The van der Waals surface area contributed by atoms with Gasteiger partial charge in [0.25, 0.3) is 0 Å². The predicted molar refractivity (Wildman–Crippen MR) is 94.6 cm³/mol. The Morgan fingerprint density at radius 3 is 2.43 bits per heavy atom. The van der Waals surface area contributed by atoms with E-state index in [0.29, 0.717) is 12.3 Å². The van der Waals surface area contributed by atoms with Crippen LogP contribution in [0.1, 0.15) is 32.6 Å². The van der Waals surface area contributed by atoms with E-state index in [0.717, 1.165) is 50.9 Å². The normalized spacial score (nSPS) is 24.0. The summed E-state index contributed by atoms with van der Waals surface area (Å²) in [7, 11) is 3.58. The number of rotatable bonds is 5. The summed E-state index contributed by atoms with van der Waals surface area (Å²) in [6, 6.07) is 0. The van der Waals surface area contributed by atoms with Crippen LogP contribution in [0.4, 0.5) is 0 Å². The fraction of sp³-hybridized carbons (Fsp3) is 0.882. The Kier molecular flexibility index (Phi) is 7.15. The smallest absolute Gasteiger partial charge is 0.220 e. The molecule has 0 saturated carbocycles. The van der Waals surface area contributed by atoms with E-state index >= 15 is 0 Å². The molecule has 2 fully saturated rings. The summed E-state index contributed by atoms with van der Waals surface area (Å²) >= 11 is 0. The highest BCUT2D eigenvalue weighted by atomic mass is 16.1. The quantitative estimate of drug-likeness (QED) is 0.579. The van der Waals surface area contributed by atoms with E-state index in [-0.39, 0.29) is 5.91 Å². The summed E-state index contributed by atoms with van der Waals surface area (Å²) in [6.45, 7) is 8.82. The first-order valence-corrected chi connectivity index (χ1v) is 9.04. The molecule has 6 heteroatoms. The number of likely N-dealkylation sites (tertiary alicyclic amines) is 2. The average molecular weight is 323 g/mol. The molecule has 0 bridgehead atoms. The number of nitrogens with zero attached hydrogens (tertiary/aromatic N) is 3. The molecule has 2 aliphatic rings. The van der Waals surface area contributed by atoms with Gasteiger partial charge in [0, 0.05) is 46.7 Å². The van der Waals surface area contributed by atoms with Gasteiger partial charge < -0.3 is 20.4 Å². The maximum atomic E-state index is 11.5. The van der Waals surface area contributed by atoms with Gasteiger partial charge in [-0.05, 0) is 44.2 Å². The third-order valence-corrected chi connectivity index (χ3v) is 5.24. The zero-order valence-electron chi connectivity index (χ0n) is 15.0. The molecule has 0 aromatic carbocycles. The van der Waals surface area contributed by atoms with E-state index in [1.165, 1.54) is 19.5 Å². The summed E-state index contributed by atoms with van der Waals surface area (Å²) in [5.74, 6) is 2.43. The molecule has 0 spiro atoms. The second-order valence-corrected chi connectivity index (χ2v) is 6.78. The third kappa shape index (κ3) is 5.37. The molecule has 0 aliphatic carbocycles. The van der Waals surface area contributed by atoms with E-state index in [2.05, 4.69) is 32.3 Å². The minimum atomic E-state index is 0.160. The average Bonchev–Trinajstić information content (AvgIpc) is 3.04. The van der Waals surface area contributed by atoms with Gasteiger partial charge in [-0.25, -0.2) is 0 Å². The van der Waals surface area contributed by atoms with Crippen LogP contribution in [-0.2, 0) is 4.79 Å². The van der Waals surface area contributed by atoms with E-state index in [1.807, 2.05) is 7.05 Å². The van der Waals surface area contributed by atoms with Crippen LogP contribution in [0.3, 0.4) is 0 Å². The summed E-state index contributed by atoms with van der Waals surface area (Å²) in [6.07, 6.45) is 4.08. The van der Waals surface area contributed by atoms with Gasteiger partial charge >= 0.3 is 0 Å². The standard InChI is InChI=1S/C17H33N5O/c1-4-21-8-5-15(13-21)12-20-17(19-3)22-9-6-14(7-10-22)11-16(23)18-2/h14-15H,4-13H2,1-3H3,(H,18,23)(H,19,20). The van der Waals surface area contributed by atoms with Crippen molar-refractivity contribution in [3.8, 4) is 0 Å². The summed E-state index contributed by atoms with van der Waals surface area (Å²) in [5.41, 5.74) is 0. The highest BCUT2D eigenvalue weighted by molar-refractivity contribution is 5.80. The van der Waals surface area contributed by atoms with E-state index < -0.39 is 0 Å². The van der Waals surface area contributed by atoms with Gasteiger partial charge in [-0.1, -0.05) is 6.92 Å². The summed E-state index contributed by atoms with van der Waals surface area (Å²) < 4.78 is 0. The van der Waals surface area contributed by atoms with Crippen LogP contribution in [-0.4, -0.2) is 75.0 Å². The summed E-state index contributed by atoms with van der Waals surface area (Å²) in [4.78, 5) is 20.8. The highest BCUT2D eigenvalue weighted by Crippen LogP contribution is 2.20. The lowest BCUT2D eigenvalue weighted by Crippen LogP contribution is -2.47. The van der Waals surface area contributed by atoms with Crippen LogP contribution in [0.5, 0.6) is 0 Å². The predicted octanol–water partition coefficient (Wildman–Crippen LogP) is 0.752. The minimum absolute atomic E-state index is 0.160. The maximum Gasteiger partial charge on any atom is 0.220 e. The van der Waals surface area contributed by atoms with Crippen LogP contribution in [0.25, 0.3) is 0 Å². The molecule has 2 saturated heterocycles. The Balaban J connectivity index is 1.72. The topological polar surface area (TPSA) is 60.0 Å². The Morgan fingerprint density at radius 1 is 1.17 bits per heavy atom. The number of aliphatic imine (C=N–C) groups is 1. The second-order valence-electron chi connectivity index (χ2n) is 6.78. The number of piperidine rings is 1. The van der Waals surface area contributed by atoms with Crippen molar-refractivity contribution in [3.05, 3.63) is 0 Å². The number of hydrogen-bond donors (Lipinski definition) is 2. The Labute approximate surface area is 140 Å². The van der Waals surface area contributed by atoms with Crippen molar-refractivity contribution in [2.45, 2.75) is 32.6 Å². The number of hydrogen-bond acceptors (Lipinski definition) is 3. The number of nitrogens with one attached hydrogen (secondary N) is 2. The Hall–Kier alpha value is -1.30. The molecule has 1 unspecified atom stereocenters. The van der Waals surface area contributed by atoms with Crippen LogP contribution in [0, 0.1) is 11.8 Å². The molecule has 2 aliphatic heterocycles.